The van der Waals surface area contributed by atoms with Crippen LogP contribution in [0, 0.1) is 6.92 Å². The molecule has 1 aliphatic heterocycles. The van der Waals surface area contributed by atoms with E-state index in [4.69, 9.17) is 0 Å². The normalized spacial score (nSPS) is 17.8. The summed E-state index contributed by atoms with van der Waals surface area (Å²) >= 11 is 0. The molecule has 2 nitrogen and oxygen atoms in total. The van der Waals surface area contributed by atoms with Gasteiger partial charge in [0.1, 0.15) is 0 Å². The van der Waals surface area contributed by atoms with Crippen molar-refractivity contribution in [1.29, 1.82) is 0 Å². The van der Waals surface area contributed by atoms with Crippen LogP contribution in [0.4, 0.5) is 0 Å². The molecule has 2 aliphatic rings. The molecule has 0 spiro atoms. The van der Waals surface area contributed by atoms with Crippen LogP contribution in [0.5, 0.6) is 0 Å². The predicted octanol–water partition coefficient (Wildman–Crippen LogP) is 7.63. The largest absolute Gasteiger partial charge is 0.342 e. The number of hydrogen-bond acceptors (Lipinski definition) is 1. The molecule has 1 unspecified atom stereocenters. The molecule has 0 N–H and O–H groups in total. The Morgan fingerprint density at radius 1 is 0.694 bits per heavy atom. The smallest absolute Gasteiger partial charge is 0.0979 e. The van der Waals surface area contributed by atoms with Gasteiger partial charge >= 0.3 is 0 Å². The first-order valence-corrected chi connectivity index (χ1v) is 13.3. The van der Waals surface area contributed by atoms with E-state index >= 15 is 0 Å². The minimum atomic E-state index is -0.360. The van der Waals surface area contributed by atoms with Crippen LogP contribution in [0.1, 0.15) is 52.4 Å². The van der Waals surface area contributed by atoms with Crippen molar-refractivity contribution in [3.05, 3.63) is 143 Å². The minimum absolute atomic E-state index is 0.360. The molecule has 0 bridgehead atoms. The fourth-order valence-electron chi connectivity index (χ4n) is 7.16. The zero-order chi connectivity index (χ0) is 24.1. The highest BCUT2D eigenvalue weighted by Crippen LogP contribution is 2.51. The lowest BCUT2D eigenvalue weighted by atomic mass is 9.73. The van der Waals surface area contributed by atoms with E-state index in [0.717, 1.165) is 13.1 Å². The van der Waals surface area contributed by atoms with Crippen LogP contribution in [-0.4, -0.2) is 16.0 Å². The topological polar surface area (TPSA) is 8.17 Å². The molecule has 2 heterocycles. The van der Waals surface area contributed by atoms with Gasteiger partial charge in [0.2, 0.25) is 0 Å². The van der Waals surface area contributed by atoms with E-state index in [-0.39, 0.29) is 5.54 Å². The summed E-state index contributed by atoms with van der Waals surface area (Å²) in [7, 11) is 0. The Bertz CT molecular complexity index is 1420. The number of nitrogens with zero attached hydrogens (tertiary/aromatic N) is 2. The fraction of sp³-hybridized carbons (Fsp3) is 0.235. The van der Waals surface area contributed by atoms with Crippen molar-refractivity contribution in [2.75, 3.05) is 6.54 Å². The van der Waals surface area contributed by atoms with E-state index in [0.29, 0.717) is 6.04 Å². The molecule has 0 saturated heterocycles. The fourth-order valence-corrected chi connectivity index (χ4v) is 7.16. The van der Waals surface area contributed by atoms with Crippen molar-refractivity contribution >= 4 is 10.9 Å². The van der Waals surface area contributed by atoms with Gasteiger partial charge in [-0.15, -0.1) is 0 Å². The van der Waals surface area contributed by atoms with Crippen molar-refractivity contribution in [3.63, 3.8) is 0 Å². The maximum absolute atomic E-state index is 2.84. The lowest BCUT2D eigenvalue weighted by Gasteiger charge is -2.52. The van der Waals surface area contributed by atoms with Crippen molar-refractivity contribution < 1.29 is 0 Å². The van der Waals surface area contributed by atoms with Gasteiger partial charge < -0.3 is 4.57 Å². The Morgan fingerprint density at radius 3 is 1.86 bits per heavy atom. The van der Waals surface area contributed by atoms with E-state index in [1.807, 2.05) is 0 Å². The predicted molar refractivity (Wildman–Crippen MR) is 148 cm³/mol. The lowest BCUT2D eigenvalue weighted by molar-refractivity contribution is 0.0597. The van der Waals surface area contributed by atoms with Crippen molar-refractivity contribution in [3.8, 4) is 0 Å². The molecule has 7 rings (SSSR count). The lowest BCUT2D eigenvalue weighted by Crippen LogP contribution is -2.54. The summed E-state index contributed by atoms with van der Waals surface area (Å²) in [6.45, 7) is 4.24. The molecule has 1 atom stereocenters. The molecule has 178 valence electrons. The first-order chi connectivity index (χ1) is 17.8. The monoisotopic (exact) mass is 468 g/mol. The second-order valence-electron chi connectivity index (χ2n) is 10.4. The van der Waals surface area contributed by atoms with Gasteiger partial charge in [0.15, 0.2) is 0 Å². The molecule has 5 aromatic rings. The van der Waals surface area contributed by atoms with E-state index in [1.54, 1.807) is 11.3 Å². The summed E-state index contributed by atoms with van der Waals surface area (Å²) in [4.78, 5) is 2.84. The highest BCUT2D eigenvalue weighted by molar-refractivity contribution is 5.87. The van der Waals surface area contributed by atoms with E-state index in [1.165, 1.54) is 52.4 Å². The highest BCUT2D eigenvalue weighted by Gasteiger charge is 2.48. The van der Waals surface area contributed by atoms with Gasteiger partial charge in [-0.1, -0.05) is 103 Å². The van der Waals surface area contributed by atoms with Gasteiger partial charge in [-0.2, -0.15) is 0 Å². The maximum Gasteiger partial charge on any atom is 0.0979 e. The second kappa shape index (κ2) is 8.50. The average Bonchev–Trinajstić information content (AvgIpc) is 3.26. The average molecular weight is 469 g/mol. The SMILES string of the molecule is Cc1ccc2c(c1)c1c3n2CCN(C(c2ccccc2)(c2ccccc2)c2ccccc2)C3CCC1. The van der Waals surface area contributed by atoms with Crippen molar-refractivity contribution in [2.45, 2.75) is 44.3 Å². The molecule has 0 amide bonds. The molecule has 0 radical (unpaired) electrons. The van der Waals surface area contributed by atoms with Crippen molar-refractivity contribution in [1.82, 2.24) is 9.47 Å². The number of aromatic nitrogens is 1. The standard InChI is InChI=1S/C34H32N2/c1-25-20-21-31-30(24-25)29-18-11-19-32-33(29)35(31)22-23-36(32)34(26-12-5-2-6-13-26,27-14-7-3-8-15-27)28-16-9-4-10-17-28/h2-10,12-17,20-21,24,32H,11,18-19,22-23H2,1H3. The van der Waals surface area contributed by atoms with Crippen LogP contribution in [0.15, 0.2) is 109 Å². The Labute approximate surface area is 213 Å². The van der Waals surface area contributed by atoms with Gasteiger partial charge in [0.25, 0.3) is 0 Å². The van der Waals surface area contributed by atoms with Crippen molar-refractivity contribution in [2.24, 2.45) is 0 Å². The second-order valence-corrected chi connectivity index (χ2v) is 10.4. The minimum Gasteiger partial charge on any atom is -0.342 e. The first-order valence-electron chi connectivity index (χ1n) is 13.3. The molecule has 2 heteroatoms. The third-order valence-electron chi connectivity index (χ3n) is 8.53. The third-order valence-corrected chi connectivity index (χ3v) is 8.53. The molecule has 36 heavy (non-hydrogen) atoms. The molecule has 1 aliphatic carbocycles. The maximum atomic E-state index is 2.84. The first kappa shape index (κ1) is 21.6. The van der Waals surface area contributed by atoms with Crippen LogP contribution >= 0.6 is 0 Å². The van der Waals surface area contributed by atoms with E-state index in [2.05, 4.69) is 126 Å². The Hall–Kier alpha value is -3.62. The van der Waals surface area contributed by atoms with Crippen LogP contribution in [0.25, 0.3) is 10.9 Å². The van der Waals surface area contributed by atoms with E-state index < -0.39 is 0 Å². The van der Waals surface area contributed by atoms with Gasteiger partial charge in [-0.3, -0.25) is 4.90 Å². The Morgan fingerprint density at radius 2 is 1.28 bits per heavy atom. The number of aryl methyl sites for hydroxylation is 2. The number of benzene rings is 4. The zero-order valence-electron chi connectivity index (χ0n) is 20.9. The van der Waals surface area contributed by atoms with Gasteiger partial charge in [-0.05, 0) is 60.6 Å². The summed E-state index contributed by atoms with van der Waals surface area (Å²) in [5, 5.41) is 1.47. The molecule has 1 aromatic heterocycles. The van der Waals surface area contributed by atoms with E-state index in [9.17, 15) is 0 Å². The molecule has 0 fully saturated rings. The summed E-state index contributed by atoms with van der Waals surface area (Å²) in [6.07, 6.45) is 3.61. The molecule has 0 saturated carbocycles. The summed E-state index contributed by atoms with van der Waals surface area (Å²) in [6, 6.07) is 41.0. The Balaban J connectivity index is 1.53. The number of fused-ring (bicyclic) bond motifs is 3. The van der Waals surface area contributed by atoms with Crippen LogP contribution in [0.3, 0.4) is 0 Å². The number of rotatable bonds is 4. The zero-order valence-corrected chi connectivity index (χ0v) is 20.9. The quantitative estimate of drug-likeness (QED) is 0.246. The van der Waals surface area contributed by atoms with Crippen LogP contribution in [0.2, 0.25) is 0 Å². The van der Waals surface area contributed by atoms with Gasteiger partial charge in [-0.25, -0.2) is 0 Å². The number of hydrogen-bond donors (Lipinski definition) is 0. The summed E-state index contributed by atoms with van der Waals surface area (Å²) in [5.74, 6) is 0. The van der Waals surface area contributed by atoms with Gasteiger partial charge in [0, 0.05) is 29.7 Å². The highest BCUT2D eigenvalue weighted by atomic mass is 15.3. The molecular formula is C34H32N2. The van der Waals surface area contributed by atoms with Crippen LogP contribution in [-0.2, 0) is 18.5 Å². The molecular weight excluding hydrogens is 436 g/mol. The summed E-state index contributed by atoms with van der Waals surface area (Å²) < 4.78 is 2.65. The molecule has 4 aromatic carbocycles. The Kier molecular flexibility index (Phi) is 5.11. The van der Waals surface area contributed by atoms with Crippen LogP contribution < -0.4 is 0 Å². The third kappa shape index (κ3) is 3.07. The summed E-state index contributed by atoms with van der Waals surface area (Å²) in [5.41, 5.74) is 9.58. The van der Waals surface area contributed by atoms with Gasteiger partial charge in [0.05, 0.1) is 11.6 Å².